The average Bonchev–Trinajstić information content (AvgIpc) is 2.74. The summed E-state index contributed by atoms with van der Waals surface area (Å²) in [5.41, 5.74) is 7.19. The highest BCUT2D eigenvalue weighted by Gasteiger charge is 2.20. The van der Waals surface area contributed by atoms with Crippen molar-refractivity contribution in [3.8, 4) is 11.8 Å². The van der Waals surface area contributed by atoms with E-state index in [0.717, 1.165) is 0 Å². The van der Waals surface area contributed by atoms with E-state index in [1.807, 2.05) is 13.0 Å². The Hall–Kier alpha value is -4.25. The molecule has 0 saturated carbocycles. The van der Waals surface area contributed by atoms with Gasteiger partial charge in [0.1, 0.15) is 23.3 Å². The number of anilines is 2. The van der Waals surface area contributed by atoms with Crippen LogP contribution in [0.3, 0.4) is 0 Å². The van der Waals surface area contributed by atoms with E-state index >= 15 is 0 Å². The summed E-state index contributed by atoms with van der Waals surface area (Å²) < 4.78 is 16.0. The fourth-order valence-corrected chi connectivity index (χ4v) is 3.61. The second kappa shape index (κ2) is 7.88. The molecular weight excluding hydrogens is 395 g/mol. The van der Waals surface area contributed by atoms with E-state index in [4.69, 9.17) is 5.73 Å². The molecule has 2 aromatic heterocycles. The van der Waals surface area contributed by atoms with Gasteiger partial charge in [0.15, 0.2) is 0 Å². The summed E-state index contributed by atoms with van der Waals surface area (Å²) in [6.45, 7) is 3.50. The van der Waals surface area contributed by atoms with Gasteiger partial charge in [0.25, 0.3) is 5.56 Å². The number of fused-ring (bicyclic) bond motifs is 1. The smallest absolute Gasteiger partial charge is 0.266 e. The standard InChI is InChI=1S/C23H19FN6O/c1-13-17(12-25)21(29-23(26)28-13)27-14(2)19-11-15-7-6-10-18(24)20(15)22(31)30(19)16-8-4-3-5-9-16/h3-11,14H,1-2H3,(H3,26,27,28,29)/t14-/m0/s1. The van der Waals surface area contributed by atoms with Crippen LogP contribution in [-0.2, 0) is 0 Å². The Morgan fingerprint density at radius 2 is 1.90 bits per heavy atom. The molecule has 0 aliphatic rings. The Morgan fingerprint density at radius 1 is 1.16 bits per heavy atom. The van der Waals surface area contributed by atoms with Crippen LogP contribution in [0.2, 0.25) is 0 Å². The van der Waals surface area contributed by atoms with Crippen LogP contribution < -0.4 is 16.6 Å². The van der Waals surface area contributed by atoms with Crippen LogP contribution in [0.15, 0.2) is 59.4 Å². The predicted octanol–water partition coefficient (Wildman–Crippen LogP) is 3.86. The maximum atomic E-state index is 14.5. The molecule has 7 nitrogen and oxygen atoms in total. The van der Waals surface area contributed by atoms with Crippen LogP contribution in [0.4, 0.5) is 16.2 Å². The number of benzene rings is 2. The molecule has 0 unspecified atom stereocenters. The fourth-order valence-electron chi connectivity index (χ4n) is 3.61. The van der Waals surface area contributed by atoms with Gasteiger partial charge in [-0.15, -0.1) is 0 Å². The zero-order valence-corrected chi connectivity index (χ0v) is 16.9. The topological polar surface area (TPSA) is 110 Å². The molecule has 0 fully saturated rings. The maximum absolute atomic E-state index is 14.5. The van der Waals surface area contributed by atoms with Gasteiger partial charge in [-0.1, -0.05) is 30.3 Å². The van der Waals surface area contributed by atoms with E-state index in [1.54, 1.807) is 49.4 Å². The second-order valence-corrected chi connectivity index (χ2v) is 7.12. The van der Waals surface area contributed by atoms with Crippen LogP contribution >= 0.6 is 0 Å². The van der Waals surface area contributed by atoms with Gasteiger partial charge in [0.05, 0.1) is 17.1 Å². The summed E-state index contributed by atoms with van der Waals surface area (Å²) in [6, 6.07) is 16.9. The molecule has 8 heteroatoms. The predicted molar refractivity (Wildman–Crippen MR) is 117 cm³/mol. The Bertz CT molecular complexity index is 1390. The quantitative estimate of drug-likeness (QED) is 0.525. The van der Waals surface area contributed by atoms with Gasteiger partial charge in [0, 0.05) is 11.4 Å². The minimum Gasteiger partial charge on any atom is -0.368 e. The van der Waals surface area contributed by atoms with Crippen LogP contribution in [0.1, 0.15) is 29.9 Å². The highest BCUT2D eigenvalue weighted by molar-refractivity contribution is 5.83. The number of aromatic nitrogens is 3. The monoisotopic (exact) mass is 414 g/mol. The van der Waals surface area contributed by atoms with Crippen molar-refractivity contribution in [2.75, 3.05) is 11.1 Å². The van der Waals surface area contributed by atoms with Crippen LogP contribution in [0.5, 0.6) is 0 Å². The average molecular weight is 414 g/mol. The highest BCUT2D eigenvalue weighted by atomic mass is 19.1. The van der Waals surface area contributed by atoms with Gasteiger partial charge in [-0.25, -0.2) is 9.37 Å². The molecule has 0 spiro atoms. The molecule has 4 rings (SSSR count). The van der Waals surface area contributed by atoms with Crippen LogP contribution in [0, 0.1) is 24.1 Å². The molecule has 3 N–H and O–H groups in total. The lowest BCUT2D eigenvalue weighted by Crippen LogP contribution is -2.26. The van der Waals surface area contributed by atoms with Gasteiger partial charge >= 0.3 is 0 Å². The molecule has 0 saturated heterocycles. The summed E-state index contributed by atoms with van der Waals surface area (Å²) in [6.07, 6.45) is 0. The van der Waals surface area contributed by atoms with Crippen molar-refractivity contribution < 1.29 is 4.39 Å². The third-order valence-corrected chi connectivity index (χ3v) is 5.05. The molecule has 4 aromatic rings. The van der Waals surface area contributed by atoms with Crippen molar-refractivity contribution >= 4 is 22.5 Å². The number of nitriles is 1. The molecule has 0 radical (unpaired) electrons. The number of aryl methyl sites for hydroxylation is 1. The molecule has 1 atom stereocenters. The number of pyridine rings is 1. The minimum atomic E-state index is -0.578. The Labute approximate surface area is 177 Å². The number of nitrogens with zero attached hydrogens (tertiary/aromatic N) is 4. The van der Waals surface area contributed by atoms with E-state index in [0.29, 0.717) is 22.5 Å². The van der Waals surface area contributed by atoms with Crippen molar-refractivity contribution in [2.45, 2.75) is 19.9 Å². The van der Waals surface area contributed by atoms with Crippen molar-refractivity contribution in [3.63, 3.8) is 0 Å². The number of nitrogens with two attached hydrogens (primary N) is 1. The minimum absolute atomic E-state index is 0.0159. The Kier molecular flexibility index (Phi) is 5.09. The lowest BCUT2D eigenvalue weighted by Gasteiger charge is -2.22. The first-order valence-electron chi connectivity index (χ1n) is 9.61. The third kappa shape index (κ3) is 3.57. The molecule has 0 aliphatic heterocycles. The van der Waals surface area contributed by atoms with E-state index in [9.17, 15) is 14.4 Å². The van der Waals surface area contributed by atoms with Crippen molar-refractivity contribution in [3.05, 3.63) is 87.7 Å². The molecular formula is C23H19FN6O. The number of rotatable bonds is 4. The highest BCUT2D eigenvalue weighted by Crippen LogP contribution is 2.26. The largest absolute Gasteiger partial charge is 0.368 e. The zero-order chi connectivity index (χ0) is 22.1. The van der Waals surface area contributed by atoms with Crippen LogP contribution in [-0.4, -0.2) is 14.5 Å². The number of halogens is 1. The van der Waals surface area contributed by atoms with Crippen LogP contribution in [0.25, 0.3) is 16.5 Å². The Morgan fingerprint density at radius 3 is 2.61 bits per heavy atom. The Balaban J connectivity index is 1.94. The van der Waals surface area contributed by atoms with Crippen molar-refractivity contribution in [2.24, 2.45) is 0 Å². The van der Waals surface area contributed by atoms with Gasteiger partial charge in [-0.2, -0.15) is 10.2 Å². The molecule has 2 aromatic carbocycles. The molecule has 0 amide bonds. The third-order valence-electron chi connectivity index (χ3n) is 5.05. The summed E-state index contributed by atoms with van der Waals surface area (Å²) in [4.78, 5) is 21.5. The van der Waals surface area contributed by atoms with Gasteiger partial charge in [0.2, 0.25) is 5.95 Å². The summed E-state index contributed by atoms with van der Waals surface area (Å²) in [7, 11) is 0. The first-order valence-corrected chi connectivity index (χ1v) is 9.61. The van der Waals surface area contributed by atoms with Crippen molar-refractivity contribution in [1.82, 2.24) is 14.5 Å². The summed E-state index contributed by atoms with van der Waals surface area (Å²) >= 11 is 0. The summed E-state index contributed by atoms with van der Waals surface area (Å²) in [5.74, 6) is -0.274. The van der Waals surface area contributed by atoms with Gasteiger partial charge < -0.3 is 11.1 Å². The fraction of sp³-hybridized carbons (Fsp3) is 0.130. The second-order valence-electron chi connectivity index (χ2n) is 7.12. The molecule has 0 aliphatic carbocycles. The number of para-hydroxylation sites is 1. The first-order chi connectivity index (χ1) is 14.9. The SMILES string of the molecule is Cc1nc(N)nc(N[C@@H](C)c2cc3cccc(F)c3c(=O)n2-c2ccccc2)c1C#N. The van der Waals surface area contributed by atoms with Crippen molar-refractivity contribution in [1.29, 1.82) is 5.26 Å². The number of nitrogens with one attached hydrogen (secondary N) is 1. The number of hydrogen-bond acceptors (Lipinski definition) is 6. The van der Waals surface area contributed by atoms with E-state index in [1.165, 1.54) is 10.6 Å². The lowest BCUT2D eigenvalue weighted by molar-refractivity contribution is 0.637. The zero-order valence-electron chi connectivity index (χ0n) is 16.9. The molecule has 2 heterocycles. The number of hydrogen-bond donors (Lipinski definition) is 2. The molecule has 31 heavy (non-hydrogen) atoms. The van der Waals surface area contributed by atoms with Gasteiger partial charge in [-0.3, -0.25) is 9.36 Å². The normalized spacial score (nSPS) is 11.8. The number of nitrogen functional groups attached to an aromatic ring is 1. The summed E-state index contributed by atoms with van der Waals surface area (Å²) in [5, 5.41) is 13.2. The van der Waals surface area contributed by atoms with E-state index in [-0.39, 0.29) is 22.7 Å². The maximum Gasteiger partial charge on any atom is 0.266 e. The van der Waals surface area contributed by atoms with Gasteiger partial charge in [-0.05, 0) is 43.5 Å². The molecule has 0 bridgehead atoms. The van der Waals surface area contributed by atoms with E-state index in [2.05, 4.69) is 21.4 Å². The van der Waals surface area contributed by atoms with E-state index < -0.39 is 17.4 Å². The lowest BCUT2D eigenvalue weighted by atomic mass is 10.1. The molecule has 154 valence electrons. The first kappa shape index (κ1) is 20.0.